The van der Waals surface area contributed by atoms with Crippen LogP contribution in [0.5, 0.6) is 0 Å². The smallest absolute Gasteiger partial charge is 0.311 e. The van der Waals surface area contributed by atoms with Gasteiger partial charge in [-0.1, -0.05) is 20.8 Å². The molecule has 0 radical (unpaired) electrons. The van der Waals surface area contributed by atoms with Crippen molar-refractivity contribution in [3.63, 3.8) is 0 Å². The number of hydrogen-bond acceptors (Lipinski definition) is 4. The number of rotatable bonds is 7. The zero-order valence-corrected chi connectivity index (χ0v) is 15.8. The van der Waals surface area contributed by atoms with Gasteiger partial charge in [0.2, 0.25) is 0 Å². The van der Waals surface area contributed by atoms with E-state index in [9.17, 15) is 14.7 Å². The minimum absolute atomic E-state index is 0.120. The fourth-order valence-electron chi connectivity index (χ4n) is 3.59. The van der Waals surface area contributed by atoms with Crippen molar-refractivity contribution in [1.82, 2.24) is 9.80 Å². The maximum Gasteiger partial charge on any atom is 0.311 e. The number of furan rings is 1. The summed E-state index contributed by atoms with van der Waals surface area (Å²) in [5, 5.41) is 9.61. The number of nitrogens with zero attached hydrogens (tertiary/aromatic N) is 2. The van der Waals surface area contributed by atoms with E-state index in [-0.39, 0.29) is 12.5 Å². The summed E-state index contributed by atoms with van der Waals surface area (Å²) in [5.41, 5.74) is -0.269. The Morgan fingerprint density at radius 2 is 2.00 bits per heavy atom. The molecule has 0 saturated carbocycles. The molecule has 1 amide bonds. The van der Waals surface area contributed by atoms with Crippen molar-refractivity contribution < 1.29 is 19.1 Å². The van der Waals surface area contributed by atoms with Crippen molar-refractivity contribution in [3.8, 4) is 0 Å². The third-order valence-electron chi connectivity index (χ3n) is 5.47. The summed E-state index contributed by atoms with van der Waals surface area (Å²) in [7, 11) is 0. The second-order valence-electron chi connectivity index (χ2n) is 6.91. The van der Waals surface area contributed by atoms with E-state index < -0.39 is 11.4 Å². The van der Waals surface area contributed by atoms with Crippen molar-refractivity contribution in [2.75, 3.05) is 26.2 Å². The third kappa shape index (κ3) is 4.06. The molecule has 0 unspecified atom stereocenters. The van der Waals surface area contributed by atoms with Gasteiger partial charge in [-0.2, -0.15) is 0 Å². The van der Waals surface area contributed by atoms with Crippen LogP contribution in [0.25, 0.3) is 0 Å². The molecule has 1 saturated heterocycles. The van der Waals surface area contributed by atoms with Gasteiger partial charge in [-0.15, -0.1) is 0 Å². The highest BCUT2D eigenvalue weighted by atomic mass is 16.4. The molecule has 1 N–H and O–H groups in total. The first kappa shape index (κ1) is 19.5. The summed E-state index contributed by atoms with van der Waals surface area (Å²) < 4.78 is 5.78. The lowest BCUT2D eigenvalue weighted by molar-refractivity contribution is -0.152. The van der Waals surface area contributed by atoms with Gasteiger partial charge < -0.3 is 14.4 Å². The summed E-state index contributed by atoms with van der Waals surface area (Å²) in [4.78, 5) is 28.6. The molecule has 1 atom stereocenters. The van der Waals surface area contributed by atoms with Gasteiger partial charge in [-0.25, -0.2) is 0 Å². The van der Waals surface area contributed by atoms with Gasteiger partial charge in [0.05, 0.1) is 17.5 Å². The molecule has 0 aromatic carbocycles. The summed E-state index contributed by atoms with van der Waals surface area (Å²) >= 11 is 0. The Kier molecular flexibility index (Phi) is 6.27. The predicted molar refractivity (Wildman–Crippen MR) is 95.6 cm³/mol. The lowest BCUT2D eigenvalue weighted by atomic mass is 9.77. The Balaban J connectivity index is 2.17. The molecule has 0 aliphatic carbocycles. The van der Waals surface area contributed by atoms with E-state index in [0.29, 0.717) is 37.3 Å². The minimum Gasteiger partial charge on any atom is -0.481 e. The van der Waals surface area contributed by atoms with Crippen LogP contribution in [0.3, 0.4) is 0 Å². The Morgan fingerprint density at radius 1 is 1.32 bits per heavy atom. The van der Waals surface area contributed by atoms with E-state index in [2.05, 4.69) is 18.7 Å². The maximum atomic E-state index is 12.9. The molecule has 2 heterocycles. The fraction of sp³-hybridized carbons (Fsp3) is 0.684. The fourth-order valence-corrected chi connectivity index (χ4v) is 3.59. The Bertz CT molecular complexity index is 621. The molecule has 1 aliphatic rings. The van der Waals surface area contributed by atoms with Crippen LogP contribution in [0.1, 0.15) is 61.9 Å². The first-order valence-electron chi connectivity index (χ1n) is 9.21. The number of piperidine rings is 1. The lowest BCUT2D eigenvalue weighted by Crippen LogP contribution is -2.49. The van der Waals surface area contributed by atoms with Crippen LogP contribution in [0, 0.1) is 12.3 Å². The number of amides is 1. The first-order valence-corrected chi connectivity index (χ1v) is 9.21. The molecule has 1 aromatic rings. The van der Waals surface area contributed by atoms with E-state index in [1.54, 1.807) is 11.8 Å². The highest BCUT2D eigenvalue weighted by molar-refractivity contribution is 5.95. The SMILES string of the molecule is CCN(CC)Cc1cc(C(=O)N2CCC[C@@](CC)(C(=O)O)C2)c(C)o1. The largest absolute Gasteiger partial charge is 0.481 e. The Hall–Kier alpha value is -1.82. The first-order chi connectivity index (χ1) is 11.9. The molecule has 1 aliphatic heterocycles. The van der Waals surface area contributed by atoms with Crippen molar-refractivity contribution in [2.24, 2.45) is 5.41 Å². The zero-order valence-electron chi connectivity index (χ0n) is 15.8. The Morgan fingerprint density at radius 3 is 2.56 bits per heavy atom. The van der Waals surface area contributed by atoms with Crippen molar-refractivity contribution in [2.45, 2.75) is 53.5 Å². The van der Waals surface area contributed by atoms with Crippen LogP contribution >= 0.6 is 0 Å². The zero-order chi connectivity index (χ0) is 18.6. The van der Waals surface area contributed by atoms with E-state index in [1.165, 1.54) is 0 Å². The molecule has 1 fully saturated rings. The van der Waals surface area contributed by atoms with Crippen LogP contribution < -0.4 is 0 Å². The van der Waals surface area contributed by atoms with Crippen LogP contribution in [0.2, 0.25) is 0 Å². The monoisotopic (exact) mass is 350 g/mol. The van der Waals surface area contributed by atoms with Crippen LogP contribution in [0.4, 0.5) is 0 Å². The highest BCUT2D eigenvalue weighted by Gasteiger charge is 2.42. The molecule has 25 heavy (non-hydrogen) atoms. The summed E-state index contributed by atoms with van der Waals surface area (Å²) in [6.45, 7) is 11.3. The van der Waals surface area contributed by atoms with E-state index >= 15 is 0 Å². The van der Waals surface area contributed by atoms with Crippen LogP contribution in [-0.4, -0.2) is 53.0 Å². The summed E-state index contributed by atoms with van der Waals surface area (Å²) in [6.07, 6.45) is 1.87. The maximum absolute atomic E-state index is 12.9. The number of carboxylic acids is 1. The Labute approximate surface area is 149 Å². The van der Waals surface area contributed by atoms with E-state index in [1.807, 2.05) is 13.0 Å². The van der Waals surface area contributed by atoms with Gasteiger partial charge in [0.1, 0.15) is 11.5 Å². The number of aliphatic carboxylic acids is 1. The summed E-state index contributed by atoms with van der Waals surface area (Å²) in [6, 6.07) is 1.82. The lowest BCUT2D eigenvalue weighted by Gasteiger charge is -2.39. The van der Waals surface area contributed by atoms with Gasteiger partial charge in [0.15, 0.2) is 0 Å². The quantitative estimate of drug-likeness (QED) is 0.818. The number of carboxylic acid groups (broad SMARTS) is 1. The van der Waals surface area contributed by atoms with Crippen molar-refractivity contribution >= 4 is 11.9 Å². The molecule has 6 nitrogen and oxygen atoms in total. The van der Waals surface area contributed by atoms with Gasteiger partial charge in [0.25, 0.3) is 5.91 Å². The summed E-state index contributed by atoms with van der Waals surface area (Å²) in [5.74, 6) is 0.459. The van der Waals surface area contributed by atoms with Gasteiger partial charge in [-0.05, 0) is 45.3 Å². The van der Waals surface area contributed by atoms with Crippen molar-refractivity contribution in [3.05, 3.63) is 23.2 Å². The standard InChI is InChI=1S/C19H30N2O4/c1-5-19(18(23)24)9-8-10-21(13-19)17(22)16-11-15(25-14(16)4)12-20(6-2)7-3/h11H,5-10,12-13H2,1-4H3,(H,23,24)/t19-/m1/s1. The second kappa shape index (κ2) is 8.04. The predicted octanol–water partition coefficient (Wildman–Crippen LogP) is 3.15. The average molecular weight is 350 g/mol. The highest BCUT2D eigenvalue weighted by Crippen LogP contribution is 2.34. The van der Waals surface area contributed by atoms with E-state index in [0.717, 1.165) is 25.3 Å². The average Bonchev–Trinajstić information content (AvgIpc) is 2.99. The normalized spacial score (nSPS) is 20.9. The van der Waals surface area contributed by atoms with Gasteiger partial charge >= 0.3 is 5.97 Å². The number of likely N-dealkylation sites (tertiary alicyclic amines) is 1. The molecule has 2 rings (SSSR count). The number of hydrogen-bond donors (Lipinski definition) is 1. The van der Waals surface area contributed by atoms with Crippen LogP contribution in [0.15, 0.2) is 10.5 Å². The van der Waals surface area contributed by atoms with Crippen molar-refractivity contribution in [1.29, 1.82) is 0 Å². The molecule has 140 valence electrons. The molecule has 0 spiro atoms. The molecule has 6 heteroatoms. The van der Waals surface area contributed by atoms with Gasteiger partial charge in [-0.3, -0.25) is 14.5 Å². The van der Waals surface area contributed by atoms with Crippen LogP contribution in [-0.2, 0) is 11.3 Å². The minimum atomic E-state index is -0.824. The topological polar surface area (TPSA) is 74.0 Å². The number of carbonyl (C=O) groups is 2. The van der Waals surface area contributed by atoms with Gasteiger partial charge in [0, 0.05) is 13.1 Å². The second-order valence-corrected chi connectivity index (χ2v) is 6.91. The number of aryl methyl sites for hydroxylation is 1. The third-order valence-corrected chi connectivity index (χ3v) is 5.47. The van der Waals surface area contributed by atoms with E-state index in [4.69, 9.17) is 4.42 Å². The molecular formula is C19H30N2O4. The number of carbonyl (C=O) groups excluding carboxylic acids is 1. The molecular weight excluding hydrogens is 320 g/mol. The molecule has 1 aromatic heterocycles. The molecule has 0 bridgehead atoms.